The van der Waals surface area contributed by atoms with Gasteiger partial charge >= 0.3 is 0 Å². The largest absolute Gasteiger partial charge is 0.337 e. The van der Waals surface area contributed by atoms with Crippen LogP contribution in [0.2, 0.25) is 0 Å². The predicted octanol–water partition coefficient (Wildman–Crippen LogP) is 0.971. The lowest BCUT2D eigenvalue weighted by atomic mass is 10.3. The predicted molar refractivity (Wildman–Crippen MR) is 81.0 cm³/mol. The Morgan fingerprint density at radius 2 is 2.00 bits per heavy atom. The summed E-state index contributed by atoms with van der Waals surface area (Å²) in [5, 5.41) is 3.28. The third kappa shape index (κ3) is 8.29. The van der Waals surface area contributed by atoms with Crippen molar-refractivity contribution in [2.45, 2.75) is 45.7 Å². The van der Waals surface area contributed by atoms with Gasteiger partial charge in [0.1, 0.15) is 0 Å². The minimum atomic E-state index is -3.13. The number of aromatic nitrogens is 2. The van der Waals surface area contributed by atoms with E-state index < -0.39 is 10.0 Å². The summed E-state index contributed by atoms with van der Waals surface area (Å²) in [7, 11) is -3.13. The van der Waals surface area contributed by atoms with E-state index in [0.29, 0.717) is 19.0 Å². The zero-order valence-electron chi connectivity index (χ0n) is 12.4. The summed E-state index contributed by atoms with van der Waals surface area (Å²) in [5.41, 5.74) is 0. The smallest absolute Gasteiger partial charge is 0.211 e. The first kappa shape index (κ1) is 17.1. The van der Waals surface area contributed by atoms with Gasteiger partial charge in [-0.1, -0.05) is 13.8 Å². The number of aryl methyl sites for hydroxylation is 1. The molecule has 6 nitrogen and oxygen atoms in total. The van der Waals surface area contributed by atoms with Crippen LogP contribution in [0.3, 0.4) is 0 Å². The fraction of sp³-hybridized carbons (Fsp3) is 0.769. The quantitative estimate of drug-likeness (QED) is 0.597. The van der Waals surface area contributed by atoms with Gasteiger partial charge in [-0.15, -0.1) is 0 Å². The highest BCUT2D eigenvalue weighted by Gasteiger charge is 2.08. The lowest BCUT2D eigenvalue weighted by Crippen LogP contribution is -2.29. The van der Waals surface area contributed by atoms with Gasteiger partial charge in [-0.3, -0.25) is 0 Å². The van der Waals surface area contributed by atoms with Gasteiger partial charge in [0.25, 0.3) is 0 Å². The Morgan fingerprint density at radius 1 is 1.20 bits per heavy atom. The Morgan fingerprint density at radius 3 is 2.65 bits per heavy atom. The van der Waals surface area contributed by atoms with Crippen LogP contribution < -0.4 is 10.0 Å². The van der Waals surface area contributed by atoms with Crippen LogP contribution in [0.4, 0.5) is 0 Å². The number of unbranched alkanes of at least 4 members (excludes halogenated alkanes) is 1. The maximum absolute atomic E-state index is 11.7. The molecule has 2 N–H and O–H groups in total. The molecule has 0 spiro atoms. The van der Waals surface area contributed by atoms with Gasteiger partial charge in [-0.2, -0.15) is 0 Å². The van der Waals surface area contributed by atoms with E-state index in [-0.39, 0.29) is 5.75 Å². The van der Waals surface area contributed by atoms with Gasteiger partial charge in [0, 0.05) is 31.5 Å². The molecule has 0 aromatic carbocycles. The van der Waals surface area contributed by atoms with Gasteiger partial charge < -0.3 is 9.88 Å². The summed E-state index contributed by atoms with van der Waals surface area (Å²) in [4.78, 5) is 3.94. The van der Waals surface area contributed by atoms with E-state index in [1.165, 1.54) is 0 Å². The number of rotatable bonds is 11. The fourth-order valence-electron chi connectivity index (χ4n) is 1.79. The number of sulfonamides is 1. The molecule has 0 aliphatic heterocycles. The third-order valence-electron chi connectivity index (χ3n) is 2.87. The van der Waals surface area contributed by atoms with Crippen molar-refractivity contribution in [1.82, 2.24) is 19.6 Å². The molecule has 0 atom stereocenters. The molecule has 20 heavy (non-hydrogen) atoms. The minimum Gasteiger partial charge on any atom is -0.337 e. The Bertz CT molecular complexity index is 443. The van der Waals surface area contributed by atoms with Gasteiger partial charge in [-0.05, 0) is 25.8 Å². The second kappa shape index (κ2) is 9.10. The minimum absolute atomic E-state index is 0.206. The van der Waals surface area contributed by atoms with Crippen molar-refractivity contribution in [2.24, 2.45) is 0 Å². The monoisotopic (exact) mass is 302 g/mol. The second-order valence-electron chi connectivity index (χ2n) is 5.18. The third-order valence-corrected chi connectivity index (χ3v) is 4.34. The lowest BCUT2D eigenvalue weighted by molar-refractivity contribution is 0.551. The van der Waals surface area contributed by atoms with Crippen LogP contribution in [-0.2, 0) is 16.6 Å². The molecule has 0 radical (unpaired) electrons. The van der Waals surface area contributed by atoms with Crippen molar-refractivity contribution in [3.63, 3.8) is 0 Å². The highest BCUT2D eigenvalue weighted by Crippen LogP contribution is 1.96. The molecule has 1 heterocycles. The van der Waals surface area contributed by atoms with Crippen LogP contribution in [0.5, 0.6) is 0 Å². The molecule has 1 aromatic rings. The number of hydrogen-bond acceptors (Lipinski definition) is 4. The Hall–Kier alpha value is -0.920. The zero-order valence-corrected chi connectivity index (χ0v) is 13.2. The average Bonchev–Trinajstić information content (AvgIpc) is 2.87. The van der Waals surface area contributed by atoms with Crippen molar-refractivity contribution in [3.8, 4) is 0 Å². The van der Waals surface area contributed by atoms with E-state index in [4.69, 9.17) is 0 Å². The summed E-state index contributed by atoms with van der Waals surface area (Å²) in [5.74, 6) is 0.206. The summed E-state index contributed by atoms with van der Waals surface area (Å²) < 4.78 is 28.1. The van der Waals surface area contributed by atoms with Crippen molar-refractivity contribution in [2.75, 3.05) is 18.8 Å². The molecule has 1 aromatic heterocycles. The van der Waals surface area contributed by atoms with E-state index >= 15 is 0 Å². The standard InChI is InChI=1S/C13H26N4O2S/c1-13(2)15-6-3-4-11-20(18,19)16-7-5-9-17-10-8-14-12-17/h8,10,12-13,15-16H,3-7,9,11H2,1-2H3. The Kier molecular flexibility index (Phi) is 7.79. The summed E-state index contributed by atoms with van der Waals surface area (Å²) in [6.45, 7) is 6.29. The summed E-state index contributed by atoms with van der Waals surface area (Å²) in [6.07, 6.45) is 7.66. The van der Waals surface area contributed by atoms with E-state index in [2.05, 4.69) is 28.9 Å². The van der Waals surface area contributed by atoms with Crippen LogP contribution >= 0.6 is 0 Å². The average molecular weight is 302 g/mol. The van der Waals surface area contributed by atoms with Crippen molar-refractivity contribution < 1.29 is 8.42 Å². The van der Waals surface area contributed by atoms with E-state index in [9.17, 15) is 8.42 Å². The molecular formula is C13H26N4O2S. The van der Waals surface area contributed by atoms with Gasteiger partial charge in [-0.25, -0.2) is 18.1 Å². The van der Waals surface area contributed by atoms with Gasteiger partial charge in [0.15, 0.2) is 0 Å². The van der Waals surface area contributed by atoms with Crippen molar-refractivity contribution in [3.05, 3.63) is 18.7 Å². The van der Waals surface area contributed by atoms with Crippen molar-refractivity contribution in [1.29, 1.82) is 0 Å². The van der Waals surface area contributed by atoms with Crippen molar-refractivity contribution >= 4 is 10.0 Å². The Balaban J connectivity index is 2.05. The summed E-state index contributed by atoms with van der Waals surface area (Å²) >= 11 is 0. The molecule has 0 aliphatic carbocycles. The molecule has 1 rings (SSSR count). The molecule has 7 heteroatoms. The molecule has 0 saturated carbocycles. The fourth-order valence-corrected chi connectivity index (χ4v) is 2.97. The molecule has 0 fully saturated rings. The van der Waals surface area contributed by atoms with E-state index in [1.807, 2.05) is 10.8 Å². The van der Waals surface area contributed by atoms with Crippen LogP contribution in [0.25, 0.3) is 0 Å². The molecule has 0 aliphatic rings. The normalized spacial score (nSPS) is 12.2. The lowest BCUT2D eigenvalue weighted by Gasteiger charge is -2.09. The number of imidazole rings is 1. The molecule has 0 bridgehead atoms. The van der Waals surface area contributed by atoms with Crippen LogP contribution in [0.15, 0.2) is 18.7 Å². The van der Waals surface area contributed by atoms with Crippen LogP contribution in [-0.4, -0.2) is 42.9 Å². The van der Waals surface area contributed by atoms with Crippen LogP contribution in [0, 0.1) is 0 Å². The van der Waals surface area contributed by atoms with Gasteiger partial charge in [0.05, 0.1) is 12.1 Å². The molecule has 0 saturated heterocycles. The topological polar surface area (TPSA) is 76.0 Å². The van der Waals surface area contributed by atoms with Crippen LogP contribution in [0.1, 0.15) is 33.1 Å². The molecule has 0 unspecified atom stereocenters. The van der Waals surface area contributed by atoms with E-state index in [1.54, 1.807) is 12.5 Å². The first-order valence-electron chi connectivity index (χ1n) is 7.16. The van der Waals surface area contributed by atoms with Gasteiger partial charge in [0.2, 0.25) is 10.0 Å². The maximum atomic E-state index is 11.7. The van der Waals surface area contributed by atoms with E-state index in [0.717, 1.165) is 25.9 Å². The number of hydrogen-bond donors (Lipinski definition) is 2. The summed E-state index contributed by atoms with van der Waals surface area (Å²) in [6, 6.07) is 0.452. The second-order valence-corrected chi connectivity index (χ2v) is 7.11. The highest BCUT2D eigenvalue weighted by atomic mass is 32.2. The first-order valence-corrected chi connectivity index (χ1v) is 8.81. The Labute approximate surface area is 122 Å². The molecule has 0 amide bonds. The highest BCUT2D eigenvalue weighted by molar-refractivity contribution is 7.89. The molecular weight excluding hydrogens is 276 g/mol. The maximum Gasteiger partial charge on any atom is 0.211 e. The zero-order chi connectivity index (χ0) is 14.8. The SMILES string of the molecule is CC(C)NCCCCS(=O)(=O)NCCCn1ccnc1. The first-order chi connectivity index (χ1) is 9.49. The number of nitrogens with zero attached hydrogens (tertiary/aromatic N) is 2. The molecule has 116 valence electrons. The number of nitrogens with one attached hydrogen (secondary N) is 2.